The highest BCUT2D eigenvalue weighted by molar-refractivity contribution is 5.70. The molecule has 0 aliphatic heterocycles. The van der Waals surface area contributed by atoms with E-state index in [9.17, 15) is 4.79 Å². The highest BCUT2D eigenvalue weighted by Crippen LogP contribution is 2.14. The fraction of sp³-hybridized carbons (Fsp3) is 0. The summed E-state index contributed by atoms with van der Waals surface area (Å²) >= 11 is 0. The lowest BCUT2D eigenvalue weighted by Gasteiger charge is -2.00. The van der Waals surface area contributed by atoms with Crippen LogP contribution in [0.1, 0.15) is 0 Å². The number of hydrogen-bond donors (Lipinski definition) is 1. The molecule has 0 radical (unpaired) electrons. The molecule has 1 aromatic carbocycles. The van der Waals surface area contributed by atoms with E-state index in [1.807, 2.05) is 30.3 Å². The van der Waals surface area contributed by atoms with Crippen LogP contribution in [0.15, 0.2) is 53.8 Å². The summed E-state index contributed by atoms with van der Waals surface area (Å²) in [5, 5.41) is 6.54. The van der Waals surface area contributed by atoms with Crippen molar-refractivity contribution in [1.82, 2.24) is 34.3 Å². The minimum absolute atomic E-state index is 0.236. The van der Waals surface area contributed by atoms with Crippen molar-refractivity contribution >= 4 is 11.3 Å². The second-order valence-electron chi connectivity index (χ2n) is 4.29. The van der Waals surface area contributed by atoms with Crippen LogP contribution in [0.25, 0.3) is 22.9 Å². The number of benzene rings is 1. The van der Waals surface area contributed by atoms with Gasteiger partial charge in [0.2, 0.25) is 0 Å². The number of fused-ring (bicyclic) bond motifs is 1. The van der Waals surface area contributed by atoms with Gasteiger partial charge in [0.25, 0.3) is 5.95 Å². The molecule has 0 amide bonds. The summed E-state index contributed by atoms with van der Waals surface area (Å²) < 4.78 is 2.81. The second-order valence-corrected chi connectivity index (χ2v) is 4.29. The van der Waals surface area contributed by atoms with E-state index in [0.29, 0.717) is 17.0 Å². The van der Waals surface area contributed by atoms with E-state index in [1.165, 1.54) is 21.7 Å². The normalized spacial score (nSPS) is 11.0. The molecule has 0 aliphatic rings. The predicted octanol–water partition coefficient (Wildman–Crippen LogP) is 0.689. The highest BCUT2D eigenvalue weighted by atomic mass is 16.2. The average molecular weight is 279 g/mol. The van der Waals surface area contributed by atoms with Gasteiger partial charge in [0.15, 0.2) is 11.3 Å². The Bertz CT molecular complexity index is 953. The molecule has 0 saturated carbocycles. The molecule has 3 heterocycles. The molecule has 4 rings (SSSR count). The molecule has 0 bridgehead atoms. The van der Waals surface area contributed by atoms with E-state index in [0.717, 1.165) is 0 Å². The zero-order chi connectivity index (χ0) is 14.2. The van der Waals surface area contributed by atoms with Gasteiger partial charge in [-0.2, -0.15) is 4.98 Å². The van der Waals surface area contributed by atoms with Crippen molar-refractivity contribution in [3.05, 3.63) is 59.5 Å². The lowest BCUT2D eigenvalue weighted by atomic mass is 10.3. The third kappa shape index (κ3) is 1.66. The first-order valence-electron chi connectivity index (χ1n) is 6.22. The third-order valence-electron chi connectivity index (χ3n) is 3.08. The van der Waals surface area contributed by atoms with Gasteiger partial charge in [-0.15, -0.1) is 5.10 Å². The van der Waals surface area contributed by atoms with E-state index < -0.39 is 0 Å². The summed E-state index contributed by atoms with van der Waals surface area (Å²) in [7, 11) is 0. The molecular formula is C13H9N7O. The number of H-pyrrole nitrogens is 1. The summed E-state index contributed by atoms with van der Waals surface area (Å²) in [6.07, 6.45) is 4.48. The molecule has 0 atom stereocenters. The van der Waals surface area contributed by atoms with Gasteiger partial charge in [0.1, 0.15) is 6.33 Å². The van der Waals surface area contributed by atoms with Crippen molar-refractivity contribution in [2.45, 2.75) is 0 Å². The van der Waals surface area contributed by atoms with Crippen LogP contribution >= 0.6 is 0 Å². The molecule has 0 spiro atoms. The Hall–Kier alpha value is -3.29. The summed E-state index contributed by atoms with van der Waals surface area (Å²) in [4.78, 5) is 25.3. The summed E-state index contributed by atoms with van der Waals surface area (Å²) in [6, 6.07) is 9.26. The van der Waals surface area contributed by atoms with Crippen LogP contribution in [0.4, 0.5) is 0 Å². The third-order valence-corrected chi connectivity index (χ3v) is 3.08. The van der Waals surface area contributed by atoms with Gasteiger partial charge in [-0.25, -0.2) is 23.9 Å². The van der Waals surface area contributed by atoms with Crippen LogP contribution in [0.2, 0.25) is 0 Å². The van der Waals surface area contributed by atoms with E-state index in [-0.39, 0.29) is 11.6 Å². The maximum Gasteiger partial charge on any atom is 0.343 e. The fourth-order valence-corrected chi connectivity index (χ4v) is 2.22. The van der Waals surface area contributed by atoms with Gasteiger partial charge in [-0.05, 0) is 12.1 Å². The minimum atomic E-state index is -0.318. The van der Waals surface area contributed by atoms with Gasteiger partial charge in [-0.3, -0.25) is 5.10 Å². The monoisotopic (exact) mass is 279 g/mol. The zero-order valence-electron chi connectivity index (χ0n) is 10.7. The SMILES string of the molecule is O=c1n(-c2ccccc2)c2nccnc2n1-c1nc[nH]n1. The Labute approximate surface area is 117 Å². The van der Waals surface area contributed by atoms with Gasteiger partial charge in [-0.1, -0.05) is 18.2 Å². The predicted molar refractivity (Wildman–Crippen MR) is 74.4 cm³/mol. The molecule has 0 aliphatic carbocycles. The van der Waals surface area contributed by atoms with Crippen molar-refractivity contribution < 1.29 is 0 Å². The van der Waals surface area contributed by atoms with Crippen molar-refractivity contribution in [2.24, 2.45) is 0 Å². The molecule has 0 saturated heterocycles. The van der Waals surface area contributed by atoms with Crippen LogP contribution in [0.3, 0.4) is 0 Å². The van der Waals surface area contributed by atoms with E-state index in [1.54, 1.807) is 6.20 Å². The second kappa shape index (κ2) is 4.37. The molecule has 102 valence electrons. The van der Waals surface area contributed by atoms with E-state index in [2.05, 4.69) is 25.1 Å². The van der Waals surface area contributed by atoms with Gasteiger partial charge in [0.05, 0.1) is 5.69 Å². The standard InChI is InChI=1S/C13H9N7O/c21-13-19(9-4-2-1-3-5-9)10-11(15-7-6-14-10)20(13)12-16-8-17-18-12/h1-8H,(H,16,17,18). The first-order valence-corrected chi connectivity index (χ1v) is 6.22. The Kier molecular flexibility index (Phi) is 2.40. The summed E-state index contributed by atoms with van der Waals surface area (Å²) in [5.41, 5.74) is 1.26. The Morgan fingerprint density at radius 1 is 0.905 bits per heavy atom. The van der Waals surface area contributed by atoms with Crippen molar-refractivity contribution in [3.8, 4) is 11.6 Å². The number of rotatable bonds is 2. The van der Waals surface area contributed by atoms with Crippen LogP contribution in [0.5, 0.6) is 0 Å². The smallest absolute Gasteiger partial charge is 0.264 e. The molecule has 0 fully saturated rings. The number of aromatic amines is 1. The highest BCUT2D eigenvalue weighted by Gasteiger charge is 2.19. The van der Waals surface area contributed by atoms with Crippen molar-refractivity contribution in [3.63, 3.8) is 0 Å². The minimum Gasteiger partial charge on any atom is -0.264 e. The first kappa shape index (κ1) is 11.5. The van der Waals surface area contributed by atoms with Crippen LogP contribution in [-0.2, 0) is 0 Å². The number of hydrogen-bond acceptors (Lipinski definition) is 5. The van der Waals surface area contributed by atoms with Crippen LogP contribution in [-0.4, -0.2) is 34.3 Å². The quantitative estimate of drug-likeness (QED) is 0.582. The number of nitrogens with zero attached hydrogens (tertiary/aromatic N) is 6. The lowest BCUT2D eigenvalue weighted by Crippen LogP contribution is -2.23. The zero-order valence-corrected chi connectivity index (χ0v) is 10.7. The van der Waals surface area contributed by atoms with Gasteiger partial charge in [0, 0.05) is 12.4 Å². The average Bonchev–Trinajstić information content (AvgIpc) is 3.13. The Morgan fingerprint density at radius 3 is 2.29 bits per heavy atom. The lowest BCUT2D eigenvalue weighted by molar-refractivity contribution is 0.867. The summed E-state index contributed by atoms with van der Waals surface area (Å²) in [5.74, 6) is 0.236. The molecule has 8 nitrogen and oxygen atoms in total. The topological polar surface area (TPSA) is 94.3 Å². The Balaban J connectivity index is 2.14. The van der Waals surface area contributed by atoms with Crippen LogP contribution < -0.4 is 5.69 Å². The number of aromatic nitrogens is 7. The van der Waals surface area contributed by atoms with E-state index in [4.69, 9.17) is 0 Å². The molecule has 8 heteroatoms. The maximum atomic E-state index is 12.7. The first-order chi connectivity index (χ1) is 10.4. The maximum absolute atomic E-state index is 12.7. The van der Waals surface area contributed by atoms with Crippen molar-refractivity contribution in [2.75, 3.05) is 0 Å². The molecule has 3 aromatic heterocycles. The molecule has 1 N–H and O–H groups in total. The van der Waals surface area contributed by atoms with Gasteiger partial charge >= 0.3 is 5.69 Å². The summed E-state index contributed by atoms with van der Waals surface area (Å²) in [6.45, 7) is 0. The number of imidazole rings is 1. The number of para-hydroxylation sites is 1. The van der Waals surface area contributed by atoms with E-state index >= 15 is 0 Å². The Morgan fingerprint density at radius 2 is 1.62 bits per heavy atom. The number of nitrogens with one attached hydrogen (secondary N) is 1. The molecular weight excluding hydrogens is 270 g/mol. The van der Waals surface area contributed by atoms with Crippen LogP contribution in [0, 0.1) is 0 Å². The molecule has 4 aromatic rings. The largest absolute Gasteiger partial charge is 0.343 e. The molecule has 0 unspecified atom stereocenters. The van der Waals surface area contributed by atoms with Crippen molar-refractivity contribution in [1.29, 1.82) is 0 Å². The fourth-order valence-electron chi connectivity index (χ4n) is 2.22. The molecule has 21 heavy (non-hydrogen) atoms. The van der Waals surface area contributed by atoms with Gasteiger partial charge < -0.3 is 0 Å².